The zero-order chi connectivity index (χ0) is 18.4. The predicted molar refractivity (Wildman–Crippen MR) is 107 cm³/mol. The van der Waals surface area contributed by atoms with Crippen molar-refractivity contribution in [1.82, 2.24) is 24.9 Å². The van der Waals surface area contributed by atoms with E-state index in [4.69, 9.17) is 15.2 Å². The number of hydrogen-bond acceptors (Lipinski definition) is 6. The Morgan fingerprint density at radius 2 is 2.00 bits per heavy atom. The highest BCUT2D eigenvalue weighted by atomic mass is 15.5. The molecule has 0 unspecified atom stereocenters. The van der Waals surface area contributed by atoms with Crippen molar-refractivity contribution in [2.75, 3.05) is 19.6 Å². The van der Waals surface area contributed by atoms with Crippen LogP contribution in [0, 0.1) is 19.8 Å². The number of rotatable bonds is 2. The molecule has 7 nitrogen and oxygen atoms in total. The van der Waals surface area contributed by atoms with Crippen molar-refractivity contribution in [2.24, 2.45) is 16.0 Å². The maximum absolute atomic E-state index is 4.85. The summed E-state index contributed by atoms with van der Waals surface area (Å²) in [6.45, 7) is 6.86. The molecule has 5 heterocycles. The standard InChI is InChI=1S/C20H23N7/c1-13-12-27-19(14(2)22-13)11-18(25-27)17-7-10-26-20(23-17)4-3-16(24-26)15-5-8-21-9-6-15/h3-4,7,11-12,15,21H,5-6,8-10H2,1-2H3. The number of nitrogens with zero attached hydrogens (tertiary/aromatic N) is 6. The van der Waals surface area contributed by atoms with Gasteiger partial charge in [-0.15, -0.1) is 0 Å². The molecule has 3 aliphatic heterocycles. The van der Waals surface area contributed by atoms with Crippen LogP contribution in [-0.2, 0) is 0 Å². The Kier molecular flexibility index (Phi) is 3.89. The van der Waals surface area contributed by atoms with E-state index in [0.717, 1.165) is 66.6 Å². The lowest BCUT2D eigenvalue weighted by Gasteiger charge is -2.29. The highest BCUT2D eigenvalue weighted by Gasteiger charge is 2.24. The minimum Gasteiger partial charge on any atom is -0.317 e. The average Bonchev–Trinajstić information content (AvgIpc) is 3.12. The molecule has 1 saturated heterocycles. The van der Waals surface area contributed by atoms with Crippen molar-refractivity contribution in [2.45, 2.75) is 26.7 Å². The molecule has 1 fully saturated rings. The molecule has 5 rings (SSSR count). The summed E-state index contributed by atoms with van der Waals surface area (Å²) in [5.41, 5.74) is 5.90. The fourth-order valence-electron chi connectivity index (χ4n) is 3.95. The monoisotopic (exact) mass is 361 g/mol. The Balaban J connectivity index is 1.42. The summed E-state index contributed by atoms with van der Waals surface area (Å²) < 4.78 is 1.89. The molecule has 0 aromatic carbocycles. The molecule has 27 heavy (non-hydrogen) atoms. The number of aromatic nitrogens is 3. The first-order valence-corrected chi connectivity index (χ1v) is 9.55. The molecule has 3 aliphatic rings. The first-order chi connectivity index (χ1) is 13.2. The van der Waals surface area contributed by atoms with Gasteiger partial charge in [-0.1, -0.05) is 0 Å². The van der Waals surface area contributed by atoms with Crippen LogP contribution in [0.5, 0.6) is 0 Å². The van der Waals surface area contributed by atoms with Gasteiger partial charge in [-0.2, -0.15) is 10.2 Å². The van der Waals surface area contributed by atoms with Crippen LogP contribution in [0.2, 0.25) is 0 Å². The number of aryl methyl sites for hydroxylation is 2. The number of hydrazone groups is 1. The maximum atomic E-state index is 4.85. The molecule has 0 atom stereocenters. The van der Waals surface area contributed by atoms with Gasteiger partial charge in [0.2, 0.25) is 0 Å². The smallest absolute Gasteiger partial charge is 0.149 e. The van der Waals surface area contributed by atoms with Gasteiger partial charge in [-0.05, 0) is 64.1 Å². The number of amidine groups is 1. The minimum atomic E-state index is 0.548. The van der Waals surface area contributed by atoms with Gasteiger partial charge >= 0.3 is 0 Å². The summed E-state index contributed by atoms with van der Waals surface area (Å²) in [4.78, 5) is 9.32. The zero-order valence-corrected chi connectivity index (χ0v) is 15.7. The first kappa shape index (κ1) is 16.4. The summed E-state index contributed by atoms with van der Waals surface area (Å²) in [5.74, 6) is 1.43. The Labute approximate surface area is 158 Å². The third-order valence-electron chi connectivity index (χ3n) is 5.38. The molecule has 1 N–H and O–H groups in total. The topological polar surface area (TPSA) is 70.2 Å². The summed E-state index contributed by atoms with van der Waals surface area (Å²) in [7, 11) is 0. The molecule has 0 saturated carbocycles. The molecule has 2 aromatic rings. The van der Waals surface area contributed by atoms with Gasteiger partial charge in [0.15, 0.2) is 0 Å². The van der Waals surface area contributed by atoms with Crippen molar-refractivity contribution in [1.29, 1.82) is 0 Å². The molecule has 0 radical (unpaired) electrons. The minimum absolute atomic E-state index is 0.548. The summed E-state index contributed by atoms with van der Waals surface area (Å²) in [5, 5.41) is 15.0. The van der Waals surface area contributed by atoms with Crippen molar-refractivity contribution in [3.8, 4) is 0 Å². The van der Waals surface area contributed by atoms with Crippen molar-refractivity contribution < 1.29 is 0 Å². The van der Waals surface area contributed by atoms with Gasteiger partial charge in [0.25, 0.3) is 0 Å². The second kappa shape index (κ2) is 6.42. The molecule has 0 spiro atoms. The van der Waals surface area contributed by atoms with E-state index in [-0.39, 0.29) is 0 Å². The van der Waals surface area contributed by atoms with Gasteiger partial charge in [-0.3, -0.25) is 4.98 Å². The number of allylic oxidation sites excluding steroid dienone is 1. The molecule has 0 amide bonds. The number of aliphatic imine (C=N–C) groups is 1. The first-order valence-electron chi connectivity index (χ1n) is 9.55. The molecule has 0 aliphatic carbocycles. The highest BCUT2D eigenvalue weighted by molar-refractivity contribution is 6.08. The van der Waals surface area contributed by atoms with Crippen molar-refractivity contribution >= 4 is 22.8 Å². The summed E-state index contributed by atoms with van der Waals surface area (Å²) >= 11 is 0. The van der Waals surface area contributed by atoms with E-state index in [9.17, 15) is 0 Å². The van der Waals surface area contributed by atoms with Crippen molar-refractivity contribution in [3.05, 3.63) is 47.6 Å². The van der Waals surface area contributed by atoms with Gasteiger partial charge < -0.3 is 5.32 Å². The number of fused-ring (bicyclic) bond motifs is 2. The second-order valence-corrected chi connectivity index (χ2v) is 7.35. The molecule has 7 heteroatoms. The lowest BCUT2D eigenvalue weighted by Crippen LogP contribution is -2.36. The van der Waals surface area contributed by atoms with E-state index in [0.29, 0.717) is 5.92 Å². The van der Waals surface area contributed by atoms with E-state index in [1.807, 2.05) is 29.6 Å². The Morgan fingerprint density at radius 3 is 2.85 bits per heavy atom. The third-order valence-corrected chi connectivity index (χ3v) is 5.38. The lowest BCUT2D eigenvalue weighted by atomic mass is 9.92. The highest BCUT2D eigenvalue weighted by Crippen LogP contribution is 2.25. The molecule has 2 aromatic heterocycles. The maximum Gasteiger partial charge on any atom is 0.149 e. The van der Waals surface area contributed by atoms with E-state index in [1.54, 1.807) is 0 Å². The normalized spacial score (nSPS) is 20.4. The van der Waals surface area contributed by atoms with E-state index in [1.165, 1.54) is 5.71 Å². The number of piperidine rings is 1. The van der Waals surface area contributed by atoms with Crippen LogP contribution in [0.25, 0.3) is 11.2 Å². The summed E-state index contributed by atoms with van der Waals surface area (Å²) in [6.07, 6.45) is 10.6. The van der Waals surface area contributed by atoms with Crippen LogP contribution in [0.4, 0.5) is 0 Å². The van der Waals surface area contributed by atoms with Crippen LogP contribution in [0.3, 0.4) is 0 Å². The molecule has 138 valence electrons. The molecular formula is C20H23N7. The second-order valence-electron chi connectivity index (χ2n) is 7.35. The summed E-state index contributed by atoms with van der Waals surface area (Å²) in [6, 6.07) is 2.06. The SMILES string of the molecule is Cc1cn2nc(C3=CCN4N=C(C5CCNCC5)C=CC4=N3)cc2c(C)n1. The van der Waals surface area contributed by atoms with Gasteiger partial charge in [0.1, 0.15) is 11.5 Å². The predicted octanol–water partition coefficient (Wildman–Crippen LogP) is 2.33. The van der Waals surface area contributed by atoms with E-state index < -0.39 is 0 Å². The average molecular weight is 361 g/mol. The Hall–Kier alpha value is -2.80. The molecular weight excluding hydrogens is 338 g/mol. The fraction of sp³-hybridized carbons (Fsp3) is 0.400. The van der Waals surface area contributed by atoms with E-state index in [2.05, 4.69) is 34.6 Å². The van der Waals surface area contributed by atoms with Crippen LogP contribution >= 0.6 is 0 Å². The van der Waals surface area contributed by atoms with Crippen LogP contribution in [0.1, 0.15) is 29.9 Å². The van der Waals surface area contributed by atoms with Crippen molar-refractivity contribution in [3.63, 3.8) is 0 Å². The van der Waals surface area contributed by atoms with Gasteiger partial charge in [0, 0.05) is 5.92 Å². The molecule has 0 bridgehead atoms. The van der Waals surface area contributed by atoms with Crippen LogP contribution in [-0.4, -0.2) is 50.8 Å². The fourth-order valence-corrected chi connectivity index (χ4v) is 3.95. The number of hydrogen-bond donors (Lipinski definition) is 1. The lowest BCUT2D eigenvalue weighted by molar-refractivity contribution is 0.437. The Bertz CT molecular complexity index is 1020. The zero-order valence-electron chi connectivity index (χ0n) is 15.7. The van der Waals surface area contributed by atoms with Gasteiger partial charge in [-0.25, -0.2) is 14.5 Å². The van der Waals surface area contributed by atoms with E-state index >= 15 is 0 Å². The quantitative estimate of drug-likeness (QED) is 0.891. The Morgan fingerprint density at radius 1 is 1.15 bits per heavy atom. The third kappa shape index (κ3) is 2.98. The van der Waals surface area contributed by atoms with Crippen LogP contribution in [0.15, 0.2) is 40.6 Å². The van der Waals surface area contributed by atoms with Gasteiger partial charge in [0.05, 0.1) is 41.1 Å². The van der Waals surface area contributed by atoms with Crippen LogP contribution < -0.4 is 5.32 Å². The number of nitrogens with one attached hydrogen (secondary N) is 1. The largest absolute Gasteiger partial charge is 0.317 e.